The molecule has 2 aromatic carbocycles. The second kappa shape index (κ2) is 4.26. The maximum absolute atomic E-state index is 4.72. The zero-order valence-corrected chi connectivity index (χ0v) is 12.8. The molecule has 2 bridgehead atoms. The molecule has 2 atom stereocenters. The maximum atomic E-state index is 4.72. The van der Waals surface area contributed by atoms with E-state index < -0.39 is 0 Å². The van der Waals surface area contributed by atoms with Crippen LogP contribution in [0, 0.1) is 0 Å². The summed E-state index contributed by atoms with van der Waals surface area (Å²) in [6.07, 6.45) is 5.53. The molecule has 3 aliphatic rings. The van der Waals surface area contributed by atoms with E-state index in [2.05, 4.69) is 52.4 Å². The quantitative estimate of drug-likeness (QED) is 0.425. The lowest BCUT2D eigenvalue weighted by Gasteiger charge is -2.40. The predicted molar refractivity (Wildman–Crippen MR) is 92.1 cm³/mol. The summed E-state index contributed by atoms with van der Waals surface area (Å²) in [6, 6.07) is 17.5. The van der Waals surface area contributed by atoms with Crippen LogP contribution in [0.15, 0.2) is 67.3 Å². The molecule has 4 aromatic rings. The summed E-state index contributed by atoms with van der Waals surface area (Å²) in [4.78, 5) is 13.6. The molecule has 112 valence electrons. The maximum Gasteiger partial charge on any atom is 0.115 e. The second-order valence-corrected chi connectivity index (χ2v) is 6.54. The predicted octanol–water partition coefficient (Wildman–Crippen LogP) is 4.01. The van der Waals surface area contributed by atoms with Crippen molar-refractivity contribution in [2.24, 2.45) is 0 Å². The molecule has 0 spiro atoms. The SMILES string of the molecule is c1cnc2c(c1)C1c3cc4ccccc4cc3C2c2ncncc21. The largest absolute Gasteiger partial charge is 0.260 e. The Labute approximate surface area is 139 Å². The normalized spacial score (nSPS) is 19.7. The molecule has 0 radical (unpaired) electrons. The highest BCUT2D eigenvalue weighted by molar-refractivity contribution is 5.86. The molecule has 3 nitrogen and oxygen atoms in total. The minimum atomic E-state index is 0.115. The van der Waals surface area contributed by atoms with Gasteiger partial charge >= 0.3 is 0 Å². The van der Waals surface area contributed by atoms with Crippen molar-refractivity contribution in [1.82, 2.24) is 15.0 Å². The Morgan fingerprint density at radius 2 is 1.42 bits per heavy atom. The van der Waals surface area contributed by atoms with Gasteiger partial charge in [0, 0.05) is 23.9 Å². The lowest BCUT2D eigenvalue weighted by Crippen LogP contribution is -2.29. The Balaban J connectivity index is 1.76. The number of nitrogens with zero attached hydrogens (tertiary/aromatic N) is 3. The molecule has 0 N–H and O–H groups in total. The van der Waals surface area contributed by atoms with E-state index in [9.17, 15) is 0 Å². The lowest BCUT2D eigenvalue weighted by molar-refractivity contribution is 0.697. The third-order valence-electron chi connectivity index (χ3n) is 5.39. The fourth-order valence-corrected chi connectivity index (χ4v) is 4.43. The van der Waals surface area contributed by atoms with E-state index in [0.29, 0.717) is 0 Å². The Bertz CT molecular complexity index is 997. The molecule has 0 saturated carbocycles. The van der Waals surface area contributed by atoms with E-state index in [-0.39, 0.29) is 11.8 Å². The number of pyridine rings is 1. The summed E-state index contributed by atoms with van der Waals surface area (Å²) < 4.78 is 0. The van der Waals surface area contributed by atoms with Gasteiger partial charge in [0.2, 0.25) is 0 Å². The van der Waals surface area contributed by atoms with Gasteiger partial charge in [0.25, 0.3) is 0 Å². The molecular formula is C21H13N3. The fraction of sp³-hybridized carbons (Fsp3) is 0.0952. The van der Waals surface area contributed by atoms with Gasteiger partial charge < -0.3 is 0 Å². The van der Waals surface area contributed by atoms with E-state index in [1.807, 2.05) is 18.5 Å². The van der Waals surface area contributed by atoms with Gasteiger partial charge in [-0.25, -0.2) is 9.97 Å². The highest BCUT2D eigenvalue weighted by Crippen LogP contribution is 2.54. The Kier molecular flexibility index (Phi) is 2.20. The van der Waals surface area contributed by atoms with Crippen molar-refractivity contribution in [2.75, 3.05) is 0 Å². The van der Waals surface area contributed by atoms with Gasteiger partial charge in [0.15, 0.2) is 0 Å². The Hall–Kier alpha value is -3.07. The van der Waals surface area contributed by atoms with Gasteiger partial charge in [0.1, 0.15) is 6.33 Å². The van der Waals surface area contributed by atoms with E-state index in [1.165, 1.54) is 33.0 Å². The zero-order valence-electron chi connectivity index (χ0n) is 12.8. The molecule has 0 fully saturated rings. The zero-order chi connectivity index (χ0) is 15.7. The molecule has 0 saturated heterocycles. The van der Waals surface area contributed by atoms with E-state index in [4.69, 9.17) is 4.98 Å². The van der Waals surface area contributed by atoms with Crippen molar-refractivity contribution < 1.29 is 0 Å². The first-order chi connectivity index (χ1) is 11.9. The van der Waals surface area contributed by atoms with Crippen molar-refractivity contribution >= 4 is 10.8 Å². The fourth-order valence-electron chi connectivity index (χ4n) is 4.43. The van der Waals surface area contributed by atoms with Gasteiger partial charge in [-0.1, -0.05) is 30.3 Å². The molecule has 3 heteroatoms. The summed E-state index contributed by atoms with van der Waals surface area (Å²) in [7, 11) is 0. The lowest BCUT2D eigenvalue weighted by atomic mass is 9.64. The van der Waals surface area contributed by atoms with Crippen LogP contribution in [0.2, 0.25) is 0 Å². The van der Waals surface area contributed by atoms with Crippen LogP contribution in [0.5, 0.6) is 0 Å². The Morgan fingerprint density at radius 1 is 0.667 bits per heavy atom. The van der Waals surface area contributed by atoms with Crippen molar-refractivity contribution in [3.63, 3.8) is 0 Å². The topological polar surface area (TPSA) is 38.7 Å². The van der Waals surface area contributed by atoms with Crippen molar-refractivity contribution in [2.45, 2.75) is 11.8 Å². The van der Waals surface area contributed by atoms with Crippen molar-refractivity contribution in [1.29, 1.82) is 0 Å². The molecule has 24 heavy (non-hydrogen) atoms. The van der Waals surface area contributed by atoms with Gasteiger partial charge in [-0.2, -0.15) is 0 Å². The summed E-state index contributed by atoms with van der Waals surface area (Å²) >= 11 is 0. The highest BCUT2D eigenvalue weighted by Gasteiger charge is 2.43. The average molecular weight is 307 g/mol. The minimum Gasteiger partial charge on any atom is -0.260 e. The number of rotatable bonds is 0. The van der Waals surface area contributed by atoms with Crippen LogP contribution >= 0.6 is 0 Å². The van der Waals surface area contributed by atoms with Gasteiger partial charge in [-0.05, 0) is 45.7 Å². The molecule has 0 aliphatic heterocycles. The summed E-state index contributed by atoms with van der Waals surface area (Å²) in [5.41, 5.74) is 7.51. The van der Waals surface area contributed by atoms with Crippen LogP contribution in [-0.2, 0) is 0 Å². The van der Waals surface area contributed by atoms with Crippen LogP contribution in [-0.4, -0.2) is 15.0 Å². The molecule has 7 rings (SSSR count). The number of hydrogen-bond donors (Lipinski definition) is 0. The van der Waals surface area contributed by atoms with Crippen LogP contribution < -0.4 is 0 Å². The molecule has 2 unspecified atom stereocenters. The summed E-state index contributed by atoms with van der Waals surface area (Å²) in [5, 5.41) is 2.56. The summed E-state index contributed by atoms with van der Waals surface area (Å²) in [6.45, 7) is 0. The van der Waals surface area contributed by atoms with Crippen LogP contribution in [0.4, 0.5) is 0 Å². The number of benzene rings is 2. The van der Waals surface area contributed by atoms with Crippen molar-refractivity contribution in [3.05, 3.63) is 101 Å². The first-order valence-corrected chi connectivity index (χ1v) is 8.19. The van der Waals surface area contributed by atoms with Gasteiger partial charge in [-0.3, -0.25) is 4.98 Å². The smallest absolute Gasteiger partial charge is 0.115 e. The molecule has 3 aliphatic carbocycles. The van der Waals surface area contributed by atoms with E-state index >= 15 is 0 Å². The van der Waals surface area contributed by atoms with E-state index in [1.54, 1.807) is 6.33 Å². The Morgan fingerprint density at radius 3 is 2.25 bits per heavy atom. The first kappa shape index (κ1) is 12.4. The number of hydrogen-bond acceptors (Lipinski definition) is 3. The monoisotopic (exact) mass is 307 g/mol. The molecular weight excluding hydrogens is 294 g/mol. The van der Waals surface area contributed by atoms with E-state index in [0.717, 1.165) is 11.4 Å². The number of aromatic nitrogens is 3. The third kappa shape index (κ3) is 1.40. The van der Waals surface area contributed by atoms with Gasteiger partial charge in [-0.15, -0.1) is 0 Å². The van der Waals surface area contributed by atoms with Crippen LogP contribution in [0.3, 0.4) is 0 Å². The number of fused-ring (bicyclic) bond motifs is 1. The molecule has 0 amide bonds. The highest BCUT2D eigenvalue weighted by atomic mass is 14.9. The van der Waals surface area contributed by atoms with Gasteiger partial charge in [0.05, 0.1) is 17.3 Å². The average Bonchev–Trinajstić information content (AvgIpc) is 2.66. The molecule has 2 aromatic heterocycles. The van der Waals surface area contributed by atoms with Crippen molar-refractivity contribution in [3.8, 4) is 0 Å². The van der Waals surface area contributed by atoms with Crippen LogP contribution in [0.25, 0.3) is 10.8 Å². The molecule has 2 heterocycles. The first-order valence-electron chi connectivity index (χ1n) is 8.19. The second-order valence-electron chi connectivity index (χ2n) is 6.54. The third-order valence-corrected chi connectivity index (χ3v) is 5.39. The van der Waals surface area contributed by atoms with Crippen LogP contribution in [0.1, 0.15) is 45.5 Å². The minimum absolute atomic E-state index is 0.115. The standard InChI is InChI=1S/C21H13N3/c1-2-5-13-9-16-15(8-12(13)4-1)18-14-6-3-7-23-20(14)19(16)21-17(18)10-22-11-24-21/h1-11,18-19H. The summed E-state index contributed by atoms with van der Waals surface area (Å²) in [5.74, 6) is 0.304.